The Morgan fingerprint density at radius 3 is 2.95 bits per heavy atom. The lowest BCUT2D eigenvalue weighted by atomic mass is 10.1. The number of hydrogen-bond donors (Lipinski definition) is 1. The van der Waals surface area contributed by atoms with E-state index in [1.165, 1.54) is 5.56 Å². The van der Waals surface area contributed by atoms with Crippen LogP contribution in [0, 0.1) is 0 Å². The predicted octanol–water partition coefficient (Wildman–Crippen LogP) is 0.885. The zero-order valence-corrected chi connectivity index (χ0v) is 11.3. The molecule has 0 radical (unpaired) electrons. The number of methoxy groups -OCH3 is 1. The molecule has 0 aromatic heterocycles. The first-order valence-corrected chi connectivity index (χ1v) is 6.55. The molecule has 0 spiro atoms. The summed E-state index contributed by atoms with van der Waals surface area (Å²) < 4.78 is 10.5. The van der Waals surface area contributed by atoms with Crippen molar-refractivity contribution in [2.45, 2.75) is 6.42 Å². The number of aliphatic imine (C=N–C) groups is 1. The minimum absolute atomic E-state index is 0.617. The van der Waals surface area contributed by atoms with E-state index in [1.807, 2.05) is 18.2 Å². The van der Waals surface area contributed by atoms with Crippen LogP contribution in [0.25, 0.3) is 0 Å². The summed E-state index contributed by atoms with van der Waals surface area (Å²) in [5, 5.41) is 0. The Labute approximate surface area is 114 Å². The summed E-state index contributed by atoms with van der Waals surface area (Å²) in [4.78, 5) is 6.49. The maximum atomic E-state index is 5.96. The highest BCUT2D eigenvalue weighted by molar-refractivity contribution is 5.78. The van der Waals surface area contributed by atoms with Gasteiger partial charge in [0, 0.05) is 19.6 Å². The minimum atomic E-state index is 0.617. The number of guanidine groups is 1. The molecule has 104 valence electrons. The normalized spacial score (nSPS) is 16.5. The number of morpholine rings is 1. The third-order valence-electron chi connectivity index (χ3n) is 3.14. The van der Waals surface area contributed by atoms with Crippen molar-refractivity contribution in [2.24, 2.45) is 10.7 Å². The highest BCUT2D eigenvalue weighted by atomic mass is 16.5. The maximum absolute atomic E-state index is 5.96. The van der Waals surface area contributed by atoms with Crippen molar-refractivity contribution >= 4 is 5.96 Å². The molecule has 1 aromatic rings. The van der Waals surface area contributed by atoms with Crippen molar-refractivity contribution in [3.63, 3.8) is 0 Å². The Bertz CT molecular complexity index is 428. The van der Waals surface area contributed by atoms with Gasteiger partial charge in [-0.1, -0.05) is 12.1 Å². The number of nitrogens with two attached hydrogens (primary N) is 1. The molecule has 1 saturated heterocycles. The van der Waals surface area contributed by atoms with Gasteiger partial charge in [0.05, 0.1) is 20.3 Å². The molecule has 1 aromatic carbocycles. The lowest BCUT2D eigenvalue weighted by Gasteiger charge is -2.27. The average molecular weight is 263 g/mol. The van der Waals surface area contributed by atoms with Gasteiger partial charge in [-0.2, -0.15) is 0 Å². The fraction of sp³-hybridized carbons (Fsp3) is 0.500. The number of nitrogens with zero attached hydrogens (tertiary/aromatic N) is 2. The van der Waals surface area contributed by atoms with Crippen LogP contribution >= 0.6 is 0 Å². The van der Waals surface area contributed by atoms with E-state index in [1.54, 1.807) is 7.11 Å². The Morgan fingerprint density at radius 2 is 2.21 bits per heavy atom. The average Bonchev–Trinajstić information content (AvgIpc) is 2.48. The minimum Gasteiger partial charge on any atom is -0.497 e. The van der Waals surface area contributed by atoms with E-state index in [4.69, 9.17) is 15.2 Å². The van der Waals surface area contributed by atoms with Crippen molar-refractivity contribution < 1.29 is 9.47 Å². The molecule has 0 unspecified atom stereocenters. The van der Waals surface area contributed by atoms with Crippen LogP contribution in [0.1, 0.15) is 5.56 Å². The van der Waals surface area contributed by atoms with Gasteiger partial charge in [0.1, 0.15) is 5.75 Å². The molecule has 0 atom stereocenters. The molecule has 1 heterocycles. The summed E-state index contributed by atoms with van der Waals surface area (Å²) in [5.41, 5.74) is 7.17. The SMILES string of the molecule is COc1cccc(CCN=C(N)N2CCOCC2)c1. The smallest absolute Gasteiger partial charge is 0.191 e. The van der Waals surface area contributed by atoms with Gasteiger partial charge in [0.2, 0.25) is 0 Å². The lowest BCUT2D eigenvalue weighted by molar-refractivity contribution is 0.0674. The fourth-order valence-corrected chi connectivity index (χ4v) is 2.02. The zero-order chi connectivity index (χ0) is 13.5. The van der Waals surface area contributed by atoms with Crippen LogP contribution in [0.15, 0.2) is 29.3 Å². The van der Waals surface area contributed by atoms with E-state index in [2.05, 4.69) is 16.0 Å². The van der Waals surface area contributed by atoms with E-state index in [0.717, 1.165) is 38.5 Å². The first-order valence-electron chi connectivity index (χ1n) is 6.55. The van der Waals surface area contributed by atoms with Gasteiger partial charge < -0.3 is 20.1 Å². The molecule has 5 heteroatoms. The molecule has 5 nitrogen and oxygen atoms in total. The monoisotopic (exact) mass is 263 g/mol. The largest absolute Gasteiger partial charge is 0.497 e. The van der Waals surface area contributed by atoms with Gasteiger partial charge in [-0.15, -0.1) is 0 Å². The molecular formula is C14H21N3O2. The van der Waals surface area contributed by atoms with Crippen LogP contribution in [-0.2, 0) is 11.2 Å². The van der Waals surface area contributed by atoms with Gasteiger partial charge in [-0.25, -0.2) is 0 Å². The van der Waals surface area contributed by atoms with E-state index >= 15 is 0 Å². The van der Waals surface area contributed by atoms with Crippen LogP contribution in [0.5, 0.6) is 5.75 Å². The first-order chi connectivity index (χ1) is 9.29. The summed E-state index contributed by atoms with van der Waals surface area (Å²) in [5.74, 6) is 1.49. The maximum Gasteiger partial charge on any atom is 0.191 e. The highest BCUT2D eigenvalue weighted by Gasteiger charge is 2.11. The number of benzene rings is 1. The zero-order valence-electron chi connectivity index (χ0n) is 11.3. The molecule has 19 heavy (non-hydrogen) atoms. The Kier molecular flexibility index (Phi) is 5.03. The van der Waals surface area contributed by atoms with Crippen LogP contribution < -0.4 is 10.5 Å². The van der Waals surface area contributed by atoms with E-state index < -0.39 is 0 Å². The molecule has 0 aliphatic carbocycles. The van der Waals surface area contributed by atoms with Gasteiger partial charge in [0.25, 0.3) is 0 Å². The van der Waals surface area contributed by atoms with Crippen molar-refractivity contribution in [1.29, 1.82) is 0 Å². The molecule has 0 amide bonds. The summed E-state index contributed by atoms with van der Waals surface area (Å²) in [7, 11) is 1.67. The van der Waals surface area contributed by atoms with Crippen molar-refractivity contribution in [2.75, 3.05) is 40.0 Å². The standard InChI is InChI=1S/C14H21N3O2/c1-18-13-4-2-3-12(11-13)5-6-16-14(15)17-7-9-19-10-8-17/h2-4,11H,5-10H2,1H3,(H2,15,16). The van der Waals surface area contributed by atoms with Gasteiger partial charge in [-0.05, 0) is 24.1 Å². The highest BCUT2D eigenvalue weighted by Crippen LogP contribution is 2.12. The first kappa shape index (κ1) is 13.7. The summed E-state index contributed by atoms with van der Waals surface area (Å²) >= 11 is 0. The molecule has 2 rings (SSSR count). The number of hydrogen-bond acceptors (Lipinski definition) is 3. The van der Waals surface area contributed by atoms with Crippen LogP contribution in [0.4, 0.5) is 0 Å². The number of rotatable bonds is 4. The van der Waals surface area contributed by atoms with Gasteiger partial charge in [0.15, 0.2) is 5.96 Å². The lowest BCUT2D eigenvalue weighted by Crippen LogP contribution is -2.44. The molecule has 1 fully saturated rings. The molecule has 1 aliphatic rings. The molecule has 0 bridgehead atoms. The second kappa shape index (κ2) is 6.99. The second-order valence-corrected chi connectivity index (χ2v) is 4.44. The van der Waals surface area contributed by atoms with Crippen LogP contribution in [0.2, 0.25) is 0 Å². The molecule has 2 N–H and O–H groups in total. The summed E-state index contributed by atoms with van der Waals surface area (Å²) in [6, 6.07) is 8.03. The Hall–Kier alpha value is -1.75. The van der Waals surface area contributed by atoms with Gasteiger partial charge >= 0.3 is 0 Å². The third-order valence-corrected chi connectivity index (χ3v) is 3.14. The Balaban J connectivity index is 1.84. The van der Waals surface area contributed by atoms with Crippen molar-refractivity contribution in [3.8, 4) is 5.75 Å². The quantitative estimate of drug-likeness (QED) is 0.647. The fourth-order valence-electron chi connectivity index (χ4n) is 2.02. The van der Waals surface area contributed by atoms with Crippen molar-refractivity contribution in [1.82, 2.24) is 4.90 Å². The van der Waals surface area contributed by atoms with Gasteiger partial charge in [-0.3, -0.25) is 4.99 Å². The van der Waals surface area contributed by atoms with E-state index in [0.29, 0.717) is 12.5 Å². The topological polar surface area (TPSA) is 60.1 Å². The second-order valence-electron chi connectivity index (χ2n) is 4.44. The molecule has 1 aliphatic heterocycles. The van der Waals surface area contributed by atoms with E-state index in [9.17, 15) is 0 Å². The summed E-state index contributed by atoms with van der Waals surface area (Å²) in [6.45, 7) is 3.80. The van der Waals surface area contributed by atoms with Crippen molar-refractivity contribution in [3.05, 3.63) is 29.8 Å². The summed E-state index contributed by atoms with van der Waals surface area (Å²) in [6.07, 6.45) is 0.863. The predicted molar refractivity (Wildman–Crippen MR) is 75.6 cm³/mol. The Morgan fingerprint density at radius 1 is 1.42 bits per heavy atom. The number of ether oxygens (including phenoxy) is 2. The molecular weight excluding hydrogens is 242 g/mol. The van der Waals surface area contributed by atoms with E-state index in [-0.39, 0.29) is 0 Å². The van der Waals surface area contributed by atoms with Crippen LogP contribution in [-0.4, -0.2) is 50.8 Å². The van der Waals surface area contributed by atoms with Crippen LogP contribution in [0.3, 0.4) is 0 Å². The molecule has 0 saturated carbocycles. The third kappa shape index (κ3) is 4.13.